The largest absolute Gasteiger partial charge is 0.504 e. The van der Waals surface area contributed by atoms with E-state index < -0.39 is 25.8 Å². The highest BCUT2D eigenvalue weighted by Crippen LogP contribution is 2.35. The second-order valence-electron chi connectivity index (χ2n) is 7.82. The van der Waals surface area contributed by atoms with Gasteiger partial charge in [-0.3, -0.25) is 4.72 Å². The number of hydrogen-bond acceptors (Lipinski definition) is 6. The number of pyridine rings is 1. The lowest BCUT2D eigenvalue weighted by Gasteiger charge is -2.12. The van der Waals surface area contributed by atoms with Crippen molar-refractivity contribution in [3.8, 4) is 5.75 Å². The molecule has 11 heteroatoms. The molecule has 0 saturated carbocycles. The number of rotatable bonds is 8. The van der Waals surface area contributed by atoms with Crippen molar-refractivity contribution >= 4 is 48.2 Å². The van der Waals surface area contributed by atoms with Crippen LogP contribution in [-0.4, -0.2) is 33.5 Å². The Morgan fingerprint density at radius 1 is 0.914 bits per heavy atom. The molecular weight excluding hydrogens is 510 g/mol. The number of fused-ring (bicyclic) bond motifs is 1. The van der Waals surface area contributed by atoms with Gasteiger partial charge in [0.1, 0.15) is 10.4 Å². The second-order valence-corrected chi connectivity index (χ2v) is 11.6. The van der Waals surface area contributed by atoms with E-state index in [1.165, 1.54) is 18.2 Å². The summed E-state index contributed by atoms with van der Waals surface area (Å²) < 4.78 is 55.5. The molecule has 0 aliphatic carbocycles. The van der Waals surface area contributed by atoms with Gasteiger partial charge in [-0.05, 0) is 61.4 Å². The summed E-state index contributed by atoms with van der Waals surface area (Å²) in [6, 6.07) is 19.2. The molecule has 3 aromatic carbocycles. The molecule has 35 heavy (non-hydrogen) atoms. The van der Waals surface area contributed by atoms with E-state index in [9.17, 15) is 21.9 Å². The standard InChI is InChI=1S/C24H22ClN3O5S2/c1-16-7-12-20-21(25)15-22(24(29)23(20)27-16)35(32,33)26-14-13-17-8-10-18(11-9-17)28-34(30,31)19-5-3-2-4-6-19/h2-12,15,26,28-29H,13-14H2,1H3. The van der Waals surface area contributed by atoms with Crippen LogP contribution in [0.2, 0.25) is 5.02 Å². The van der Waals surface area contributed by atoms with Crippen molar-refractivity contribution in [1.82, 2.24) is 9.71 Å². The van der Waals surface area contributed by atoms with Gasteiger partial charge in [0.05, 0.1) is 9.92 Å². The molecule has 8 nitrogen and oxygen atoms in total. The lowest BCUT2D eigenvalue weighted by molar-refractivity contribution is 0.463. The molecular formula is C24H22ClN3O5S2. The first-order valence-corrected chi connectivity index (χ1v) is 13.9. The Morgan fingerprint density at radius 2 is 1.60 bits per heavy atom. The molecule has 0 aliphatic rings. The topological polar surface area (TPSA) is 125 Å². The predicted octanol–water partition coefficient (Wildman–Crippen LogP) is 4.22. The second kappa shape index (κ2) is 9.82. The highest BCUT2D eigenvalue weighted by molar-refractivity contribution is 7.92. The van der Waals surface area contributed by atoms with Gasteiger partial charge in [-0.2, -0.15) is 0 Å². The smallest absolute Gasteiger partial charge is 0.261 e. The zero-order chi connectivity index (χ0) is 25.2. The van der Waals surface area contributed by atoms with Crippen molar-refractivity contribution in [2.24, 2.45) is 0 Å². The van der Waals surface area contributed by atoms with Gasteiger partial charge in [0, 0.05) is 23.3 Å². The third kappa shape index (κ3) is 5.57. The number of aromatic hydroxyl groups is 1. The van der Waals surface area contributed by atoms with Crippen LogP contribution in [0.15, 0.2) is 82.6 Å². The number of benzene rings is 3. The van der Waals surface area contributed by atoms with Crippen LogP contribution in [0.1, 0.15) is 11.3 Å². The molecule has 3 N–H and O–H groups in total. The van der Waals surface area contributed by atoms with Crippen LogP contribution in [0.4, 0.5) is 5.69 Å². The van der Waals surface area contributed by atoms with Crippen LogP contribution in [0.25, 0.3) is 10.9 Å². The fourth-order valence-electron chi connectivity index (χ4n) is 3.47. The first-order chi connectivity index (χ1) is 16.6. The summed E-state index contributed by atoms with van der Waals surface area (Å²) in [7, 11) is -7.77. The van der Waals surface area contributed by atoms with Crippen molar-refractivity contribution in [3.05, 3.63) is 89.1 Å². The Bertz CT molecular complexity index is 1590. The van der Waals surface area contributed by atoms with Gasteiger partial charge in [0.2, 0.25) is 10.0 Å². The van der Waals surface area contributed by atoms with Crippen LogP contribution >= 0.6 is 11.6 Å². The minimum atomic E-state index is -4.07. The van der Waals surface area contributed by atoms with Crippen molar-refractivity contribution in [3.63, 3.8) is 0 Å². The van der Waals surface area contributed by atoms with Gasteiger partial charge in [0.15, 0.2) is 5.75 Å². The Labute approximate surface area is 208 Å². The summed E-state index contributed by atoms with van der Waals surface area (Å²) in [6.45, 7) is 1.78. The van der Waals surface area contributed by atoms with E-state index in [0.29, 0.717) is 23.2 Å². The molecule has 0 fully saturated rings. The van der Waals surface area contributed by atoms with Crippen molar-refractivity contribution in [2.75, 3.05) is 11.3 Å². The number of aromatic nitrogens is 1. The maximum Gasteiger partial charge on any atom is 0.261 e. The zero-order valence-corrected chi connectivity index (χ0v) is 21.0. The van der Waals surface area contributed by atoms with Crippen LogP contribution in [0.5, 0.6) is 5.75 Å². The first kappa shape index (κ1) is 24.9. The Morgan fingerprint density at radius 3 is 2.29 bits per heavy atom. The highest BCUT2D eigenvalue weighted by Gasteiger charge is 2.23. The minimum absolute atomic E-state index is 0.0494. The van der Waals surface area contributed by atoms with Gasteiger partial charge in [0.25, 0.3) is 10.0 Å². The van der Waals surface area contributed by atoms with Crippen LogP contribution < -0.4 is 9.44 Å². The number of anilines is 1. The Hall–Kier alpha value is -3.18. The number of hydrogen-bond donors (Lipinski definition) is 3. The molecule has 0 aliphatic heterocycles. The maximum atomic E-state index is 12.8. The lowest BCUT2D eigenvalue weighted by atomic mass is 10.1. The SMILES string of the molecule is Cc1ccc2c(Cl)cc(S(=O)(=O)NCCc3ccc(NS(=O)(=O)c4ccccc4)cc3)c(O)c2n1. The van der Waals surface area contributed by atoms with Gasteiger partial charge < -0.3 is 5.11 Å². The van der Waals surface area contributed by atoms with Gasteiger partial charge >= 0.3 is 0 Å². The highest BCUT2D eigenvalue weighted by atomic mass is 35.5. The van der Waals surface area contributed by atoms with Crippen molar-refractivity contribution in [2.45, 2.75) is 23.1 Å². The summed E-state index contributed by atoms with van der Waals surface area (Å²) in [5, 5.41) is 11.2. The van der Waals surface area contributed by atoms with Gasteiger partial charge in [-0.15, -0.1) is 0 Å². The Balaban J connectivity index is 1.43. The molecule has 182 valence electrons. The number of sulfonamides is 2. The van der Waals surface area contributed by atoms with E-state index in [0.717, 1.165) is 5.56 Å². The molecule has 1 heterocycles. The summed E-state index contributed by atoms with van der Waals surface area (Å²) >= 11 is 6.23. The van der Waals surface area contributed by atoms with E-state index >= 15 is 0 Å². The summed E-state index contributed by atoms with van der Waals surface area (Å²) in [5.74, 6) is -0.462. The molecule has 0 amide bonds. The monoisotopic (exact) mass is 531 g/mol. The molecule has 0 bridgehead atoms. The van der Waals surface area contributed by atoms with Crippen LogP contribution in [-0.2, 0) is 26.5 Å². The third-order valence-corrected chi connectivity index (χ3v) is 8.45. The first-order valence-electron chi connectivity index (χ1n) is 10.5. The van der Waals surface area contributed by atoms with E-state index in [4.69, 9.17) is 11.6 Å². The molecule has 4 aromatic rings. The van der Waals surface area contributed by atoms with E-state index in [1.54, 1.807) is 61.5 Å². The lowest BCUT2D eigenvalue weighted by Crippen LogP contribution is -2.26. The normalized spacial score (nSPS) is 12.1. The number of halogens is 1. The molecule has 0 saturated heterocycles. The average molecular weight is 532 g/mol. The fraction of sp³-hybridized carbons (Fsp3) is 0.125. The number of nitrogens with zero attached hydrogens (tertiary/aromatic N) is 1. The number of aryl methyl sites for hydroxylation is 1. The summed E-state index contributed by atoms with van der Waals surface area (Å²) in [6.07, 6.45) is 0.338. The molecule has 0 unspecified atom stereocenters. The number of nitrogens with one attached hydrogen (secondary N) is 2. The minimum Gasteiger partial charge on any atom is -0.504 e. The maximum absolute atomic E-state index is 12.8. The summed E-state index contributed by atoms with van der Waals surface area (Å²) in [5.41, 5.74) is 1.90. The van der Waals surface area contributed by atoms with E-state index in [1.807, 2.05) is 0 Å². The van der Waals surface area contributed by atoms with Crippen LogP contribution in [0, 0.1) is 6.92 Å². The molecule has 0 atom stereocenters. The molecule has 0 radical (unpaired) electrons. The van der Waals surface area contributed by atoms with E-state index in [2.05, 4.69) is 14.4 Å². The molecule has 1 aromatic heterocycles. The molecule has 0 spiro atoms. The van der Waals surface area contributed by atoms with Crippen molar-refractivity contribution in [1.29, 1.82) is 0 Å². The molecule has 4 rings (SSSR count). The van der Waals surface area contributed by atoms with Gasteiger partial charge in [-0.1, -0.05) is 41.9 Å². The zero-order valence-electron chi connectivity index (χ0n) is 18.6. The predicted molar refractivity (Wildman–Crippen MR) is 136 cm³/mol. The third-order valence-electron chi connectivity index (χ3n) is 5.26. The van der Waals surface area contributed by atoms with E-state index in [-0.39, 0.29) is 26.9 Å². The van der Waals surface area contributed by atoms with Crippen LogP contribution in [0.3, 0.4) is 0 Å². The number of phenols is 1. The fourth-order valence-corrected chi connectivity index (χ4v) is 6.03. The van der Waals surface area contributed by atoms with Crippen molar-refractivity contribution < 1.29 is 21.9 Å². The van der Waals surface area contributed by atoms with Gasteiger partial charge in [-0.25, -0.2) is 26.5 Å². The average Bonchev–Trinajstić information content (AvgIpc) is 2.82. The Kier molecular flexibility index (Phi) is 7.00. The summed E-state index contributed by atoms with van der Waals surface area (Å²) in [4.78, 5) is 4.02. The quantitative estimate of drug-likeness (QED) is 0.312. The number of phenolic OH excluding ortho intramolecular Hbond substituents is 1.